The minimum Gasteiger partial charge on any atom is -0.481 e. The Labute approximate surface area is 120 Å². The first-order valence-corrected chi connectivity index (χ1v) is 7.35. The molecule has 1 rings (SSSR count). The van der Waals surface area contributed by atoms with Crippen LogP contribution in [0.1, 0.15) is 47.0 Å². The van der Waals surface area contributed by atoms with Crippen LogP contribution in [0.5, 0.6) is 0 Å². The number of carbonyl (C=O) groups excluding carboxylic acids is 1. The number of nitrogens with one attached hydrogen (secondary N) is 1. The van der Waals surface area contributed by atoms with Crippen LogP contribution in [0.2, 0.25) is 0 Å². The molecule has 1 saturated carbocycles. The Morgan fingerprint density at radius 2 is 1.85 bits per heavy atom. The van der Waals surface area contributed by atoms with Crippen molar-refractivity contribution in [2.45, 2.75) is 52.6 Å². The van der Waals surface area contributed by atoms with Gasteiger partial charge in [0.2, 0.25) is 5.91 Å². The first-order valence-electron chi connectivity index (χ1n) is 7.35. The molecule has 0 aromatic heterocycles. The van der Waals surface area contributed by atoms with Gasteiger partial charge < -0.3 is 15.5 Å². The van der Waals surface area contributed by atoms with Crippen molar-refractivity contribution in [1.29, 1.82) is 0 Å². The molecule has 0 heterocycles. The van der Waals surface area contributed by atoms with Gasteiger partial charge in [-0.25, -0.2) is 0 Å². The molecular weight excluding hydrogens is 258 g/mol. The third-order valence-electron chi connectivity index (χ3n) is 3.94. The number of carboxylic acids is 1. The molecule has 0 spiro atoms. The van der Waals surface area contributed by atoms with Gasteiger partial charge in [-0.05, 0) is 38.0 Å². The highest BCUT2D eigenvalue weighted by Gasteiger charge is 2.41. The number of carbonyl (C=O) groups is 2. The molecule has 0 radical (unpaired) electrons. The highest BCUT2D eigenvalue weighted by Crippen LogP contribution is 2.36. The molecule has 5 nitrogen and oxygen atoms in total. The normalized spacial score (nSPS) is 29.2. The van der Waals surface area contributed by atoms with Crippen LogP contribution in [-0.4, -0.2) is 34.2 Å². The number of amides is 1. The minimum absolute atomic E-state index is 0.168. The summed E-state index contributed by atoms with van der Waals surface area (Å²) in [5, 5.41) is 22.1. The topological polar surface area (TPSA) is 86.6 Å². The Kier molecular flexibility index (Phi) is 5.57. The molecule has 0 bridgehead atoms. The van der Waals surface area contributed by atoms with Crippen molar-refractivity contribution in [2.24, 2.45) is 23.7 Å². The third-order valence-corrected chi connectivity index (χ3v) is 3.94. The Morgan fingerprint density at radius 3 is 2.35 bits per heavy atom. The Morgan fingerprint density at radius 1 is 1.30 bits per heavy atom. The lowest BCUT2D eigenvalue weighted by Crippen LogP contribution is -2.44. The van der Waals surface area contributed by atoms with E-state index in [1.807, 2.05) is 20.8 Å². The monoisotopic (exact) mass is 285 g/mol. The van der Waals surface area contributed by atoms with E-state index in [0.29, 0.717) is 25.2 Å². The van der Waals surface area contributed by atoms with Crippen LogP contribution < -0.4 is 5.32 Å². The first-order chi connectivity index (χ1) is 9.12. The molecule has 0 aromatic rings. The molecule has 4 atom stereocenters. The minimum atomic E-state index is -0.952. The van der Waals surface area contributed by atoms with E-state index in [0.717, 1.165) is 0 Å². The fourth-order valence-electron chi connectivity index (χ4n) is 3.21. The molecule has 1 aliphatic rings. The fourth-order valence-corrected chi connectivity index (χ4v) is 3.21. The maximum atomic E-state index is 12.2. The second-order valence-corrected chi connectivity index (χ2v) is 6.94. The lowest BCUT2D eigenvalue weighted by Gasteiger charge is -2.26. The van der Waals surface area contributed by atoms with Crippen LogP contribution in [0.3, 0.4) is 0 Å². The standard InChI is InChI=1S/C15H27NO4/c1-9(2)7-15(4,20)8-16-13(17)11-5-10(3)6-12(11)14(18)19/h9-12,20H,5-8H2,1-4H3,(H,16,17)(H,18,19)/t10?,11-,12+,15?/m0/s1. The lowest BCUT2D eigenvalue weighted by atomic mass is 9.92. The summed E-state index contributed by atoms with van der Waals surface area (Å²) in [6.45, 7) is 7.85. The van der Waals surface area contributed by atoms with Gasteiger partial charge in [-0.3, -0.25) is 9.59 Å². The van der Waals surface area contributed by atoms with Gasteiger partial charge >= 0.3 is 5.97 Å². The quantitative estimate of drug-likeness (QED) is 0.692. The summed E-state index contributed by atoms with van der Waals surface area (Å²) in [7, 11) is 0. The van der Waals surface area contributed by atoms with Crippen molar-refractivity contribution < 1.29 is 19.8 Å². The third kappa shape index (κ3) is 4.78. The summed E-state index contributed by atoms with van der Waals surface area (Å²) >= 11 is 0. The van der Waals surface area contributed by atoms with E-state index in [1.54, 1.807) is 6.92 Å². The maximum Gasteiger partial charge on any atom is 0.307 e. The molecule has 1 fully saturated rings. The van der Waals surface area contributed by atoms with Gasteiger partial charge in [-0.2, -0.15) is 0 Å². The fraction of sp³-hybridized carbons (Fsp3) is 0.867. The average Bonchev–Trinajstić information content (AvgIpc) is 2.67. The SMILES string of the molecule is CC(C)CC(C)(O)CNC(=O)[C@H]1CC(C)C[C@H]1C(=O)O. The van der Waals surface area contributed by atoms with Gasteiger partial charge in [0.15, 0.2) is 0 Å². The van der Waals surface area contributed by atoms with E-state index < -0.39 is 23.4 Å². The zero-order valence-electron chi connectivity index (χ0n) is 12.8. The number of hydrogen-bond donors (Lipinski definition) is 3. The number of aliphatic carboxylic acids is 1. The second kappa shape index (κ2) is 6.57. The van der Waals surface area contributed by atoms with Crippen molar-refractivity contribution in [2.75, 3.05) is 6.54 Å². The molecular formula is C15H27NO4. The van der Waals surface area contributed by atoms with E-state index in [-0.39, 0.29) is 18.4 Å². The number of carboxylic acid groups (broad SMARTS) is 1. The lowest BCUT2D eigenvalue weighted by molar-refractivity contribution is -0.146. The van der Waals surface area contributed by atoms with Crippen LogP contribution >= 0.6 is 0 Å². The number of rotatable bonds is 6. The van der Waals surface area contributed by atoms with Gasteiger partial charge in [-0.15, -0.1) is 0 Å². The van der Waals surface area contributed by atoms with Gasteiger partial charge in [0.1, 0.15) is 0 Å². The maximum absolute atomic E-state index is 12.2. The van der Waals surface area contributed by atoms with Crippen molar-refractivity contribution in [3.8, 4) is 0 Å². The number of hydrogen-bond acceptors (Lipinski definition) is 3. The van der Waals surface area contributed by atoms with Gasteiger partial charge in [0.05, 0.1) is 17.4 Å². The van der Waals surface area contributed by atoms with Crippen LogP contribution in [0, 0.1) is 23.7 Å². The van der Waals surface area contributed by atoms with E-state index >= 15 is 0 Å². The second-order valence-electron chi connectivity index (χ2n) is 6.94. The zero-order chi connectivity index (χ0) is 15.5. The van der Waals surface area contributed by atoms with Crippen LogP contribution in [0.25, 0.3) is 0 Å². The van der Waals surface area contributed by atoms with Gasteiger partial charge in [0.25, 0.3) is 0 Å². The van der Waals surface area contributed by atoms with Crippen LogP contribution in [0.15, 0.2) is 0 Å². The summed E-state index contributed by atoms with van der Waals surface area (Å²) in [5.41, 5.74) is -0.952. The highest BCUT2D eigenvalue weighted by molar-refractivity contribution is 5.85. The van der Waals surface area contributed by atoms with Crippen molar-refractivity contribution in [1.82, 2.24) is 5.32 Å². The zero-order valence-corrected chi connectivity index (χ0v) is 12.8. The van der Waals surface area contributed by atoms with Crippen molar-refractivity contribution >= 4 is 11.9 Å². The van der Waals surface area contributed by atoms with Crippen LogP contribution in [-0.2, 0) is 9.59 Å². The van der Waals surface area contributed by atoms with Crippen molar-refractivity contribution in [3.63, 3.8) is 0 Å². The molecule has 116 valence electrons. The van der Waals surface area contributed by atoms with Crippen molar-refractivity contribution in [3.05, 3.63) is 0 Å². The molecule has 0 aromatic carbocycles. The predicted molar refractivity (Wildman–Crippen MR) is 76.1 cm³/mol. The molecule has 0 aliphatic heterocycles. The molecule has 5 heteroatoms. The average molecular weight is 285 g/mol. The Bertz CT molecular complexity index is 365. The molecule has 20 heavy (non-hydrogen) atoms. The predicted octanol–water partition coefficient (Wildman–Crippen LogP) is 1.65. The Balaban J connectivity index is 2.56. The van der Waals surface area contributed by atoms with E-state index in [4.69, 9.17) is 5.11 Å². The summed E-state index contributed by atoms with van der Waals surface area (Å²) in [4.78, 5) is 23.3. The van der Waals surface area contributed by atoms with Gasteiger partial charge in [0, 0.05) is 6.54 Å². The van der Waals surface area contributed by atoms with Crippen LogP contribution in [0.4, 0.5) is 0 Å². The van der Waals surface area contributed by atoms with Gasteiger partial charge in [-0.1, -0.05) is 20.8 Å². The molecule has 2 unspecified atom stereocenters. The first kappa shape index (κ1) is 17.0. The van der Waals surface area contributed by atoms with E-state index in [1.165, 1.54) is 0 Å². The number of aliphatic hydroxyl groups is 1. The summed E-state index contributed by atoms with van der Waals surface area (Å²) in [6.07, 6.45) is 1.75. The largest absolute Gasteiger partial charge is 0.481 e. The molecule has 0 saturated heterocycles. The Hall–Kier alpha value is -1.10. The summed E-state index contributed by atoms with van der Waals surface area (Å²) in [5.74, 6) is -1.63. The summed E-state index contributed by atoms with van der Waals surface area (Å²) < 4.78 is 0. The highest BCUT2D eigenvalue weighted by atomic mass is 16.4. The smallest absolute Gasteiger partial charge is 0.307 e. The molecule has 1 amide bonds. The van der Waals surface area contributed by atoms with E-state index in [2.05, 4.69) is 5.32 Å². The van der Waals surface area contributed by atoms with E-state index in [9.17, 15) is 14.7 Å². The summed E-state index contributed by atoms with van der Waals surface area (Å²) in [6, 6.07) is 0. The molecule has 3 N–H and O–H groups in total. The molecule has 1 aliphatic carbocycles.